The highest BCUT2D eigenvalue weighted by Crippen LogP contribution is 2.45. The maximum absolute atomic E-state index is 14.3. The number of carbonyl (C=O) groups is 1. The molecule has 2 aliphatic rings. The Labute approximate surface area is 292 Å². The SMILES string of the molecule is Cc1nn2c3c1-c1c(Cl)ccc4c(c(C(=O)O)n(C)c14)CCCOc1cc(cc4cc(F)ccc14)SCc1cc(nn1C)CNC3CCC2. The molecule has 0 fully saturated rings. The second-order valence-corrected chi connectivity index (χ2v) is 14.4. The van der Waals surface area contributed by atoms with Crippen LogP contribution in [-0.4, -0.2) is 41.8 Å². The van der Waals surface area contributed by atoms with Crippen LogP contribution in [0, 0.1) is 12.7 Å². The summed E-state index contributed by atoms with van der Waals surface area (Å²) >= 11 is 8.71. The third kappa shape index (κ3) is 5.57. The Morgan fingerprint density at radius 1 is 1.08 bits per heavy atom. The Kier molecular flexibility index (Phi) is 8.16. The lowest BCUT2D eigenvalue weighted by atomic mass is 9.93. The minimum absolute atomic E-state index is 0.00235. The lowest BCUT2D eigenvalue weighted by Crippen LogP contribution is -2.28. The number of carboxylic acid groups (broad SMARTS) is 1. The number of aromatic carboxylic acids is 1. The standard InChI is InChI=1S/C37H36ClFN6O3S/c1-20-32-33-29(38)11-10-28-27(35(37(46)47)43(2)34(28)33)6-5-13-48-31-17-25(15-21-14-22(39)8-9-26(21)31)49-19-24-16-23(42-44(24)3)18-40-30-7-4-12-45(41-20)36(30)32/h8-11,14-17,30,40H,4-7,12-13,18-19H2,1-3H3,(H,46,47). The fourth-order valence-corrected chi connectivity index (χ4v) is 8.90. The molecule has 0 saturated carbocycles. The van der Waals surface area contributed by atoms with Crippen molar-refractivity contribution in [3.05, 3.63) is 93.4 Å². The van der Waals surface area contributed by atoms with Crippen molar-refractivity contribution in [3.63, 3.8) is 0 Å². The number of aromatic nitrogens is 5. The highest BCUT2D eigenvalue weighted by Gasteiger charge is 2.32. The largest absolute Gasteiger partial charge is 0.493 e. The lowest BCUT2D eigenvalue weighted by Gasteiger charge is -2.26. The van der Waals surface area contributed by atoms with E-state index >= 15 is 0 Å². The zero-order valence-corrected chi connectivity index (χ0v) is 29.1. The summed E-state index contributed by atoms with van der Waals surface area (Å²) in [6.07, 6.45) is 2.96. The van der Waals surface area contributed by atoms with Crippen molar-refractivity contribution in [3.8, 4) is 16.9 Å². The van der Waals surface area contributed by atoms with Gasteiger partial charge in [-0.2, -0.15) is 10.2 Å². The van der Waals surface area contributed by atoms with Gasteiger partial charge in [0.2, 0.25) is 0 Å². The number of nitrogens with one attached hydrogen (secondary N) is 1. The smallest absolute Gasteiger partial charge is 0.352 e. The van der Waals surface area contributed by atoms with Gasteiger partial charge in [0.15, 0.2) is 0 Å². The van der Waals surface area contributed by atoms with E-state index in [-0.39, 0.29) is 17.6 Å². The van der Waals surface area contributed by atoms with E-state index in [1.54, 1.807) is 29.4 Å². The van der Waals surface area contributed by atoms with Crippen LogP contribution in [0.1, 0.15) is 64.1 Å². The Hall–Kier alpha value is -4.32. The van der Waals surface area contributed by atoms with Gasteiger partial charge in [-0.05, 0) is 86.0 Å². The van der Waals surface area contributed by atoms with Crippen molar-refractivity contribution < 1.29 is 19.0 Å². The van der Waals surface area contributed by atoms with Gasteiger partial charge in [-0.25, -0.2) is 9.18 Å². The first-order valence-electron chi connectivity index (χ1n) is 16.5. The summed E-state index contributed by atoms with van der Waals surface area (Å²) < 4.78 is 26.5. The molecule has 3 aromatic heterocycles. The van der Waals surface area contributed by atoms with Crippen LogP contribution in [0.3, 0.4) is 0 Å². The fraction of sp³-hybridized carbons (Fsp3) is 0.324. The van der Waals surface area contributed by atoms with Crippen LogP contribution in [0.4, 0.5) is 4.39 Å². The van der Waals surface area contributed by atoms with E-state index in [2.05, 4.69) is 16.1 Å². The molecule has 12 heteroatoms. The van der Waals surface area contributed by atoms with Crippen molar-refractivity contribution >= 4 is 51.0 Å². The third-order valence-electron chi connectivity index (χ3n) is 9.84. The number of benzene rings is 3. The third-order valence-corrected chi connectivity index (χ3v) is 11.2. The number of fused-ring (bicyclic) bond motifs is 7. The normalized spacial score (nSPS) is 16.8. The summed E-state index contributed by atoms with van der Waals surface area (Å²) in [4.78, 5) is 13.8. The maximum atomic E-state index is 14.3. The molecule has 0 spiro atoms. The van der Waals surface area contributed by atoms with Gasteiger partial charge in [0.1, 0.15) is 17.3 Å². The van der Waals surface area contributed by atoms with Crippen molar-refractivity contribution in [2.75, 3.05) is 6.61 Å². The molecule has 9 nitrogen and oxygen atoms in total. The van der Waals surface area contributed by atoms with Gasteiger partial charge in [0, 0.05) is 65.4 Å². The molecule has 1 atom stereocenters. The Bertz CT molecular complexity index is 2290. The topological polar surface area (TPSA) is 99.1 Å². The number of rotatable bonds is 1. The second kappa shape index (κ2) is 12.5. The molecule has 2 N–H and O–H groups in total. The Balaban J connectivity index is 1.28. The molecule has 252 valence electrons. The number of thioether (sulfide) groups is 1. The van der Waals surface area contributed by atoms with Crippen LogP contribution in [0.5, 0.6) is 5.75 Å². The Morgan fingerprint density at radius 3 is 2.76 bits per heavy atom. The van der Waals surface area contributed by atoms with E-state index in [4.69, 9.17) is 26.5 Å². The molecule has 6 aromatic rings. The zero-order chi connectivity index (χ0) is 34.0. The molecule has 2 aliphatic heterocycles. The highest BCUT2D eigenvalue weighted by atomic mass is 35.5. The van der Waals surface area contributed by atoms with Crippen LogP contribution in [0.15, 0.2) is 53.4 Å². The first-order valence-corrected chi connectivity index (χ1v) is 17.9. The minimum atomic E-state index is -0.994. The molecule has 5 heterocycles. The molecule has 3 aromatic carbocycles. The van der Waals surface area contributed by atoms with Gasteiger partial charge in [0.25, 0.3) is 0 Å². The summed E-state index contributed by atoms with van der Waals surface area (Å²) in [5, 5.41) is 27.0. The zero-order valence-electron chi connectivity index (χ0n) is 27.5. The number of hydrogen-bond acceptors (Lipinski definition) is 6. The average Bonchev–Trinajstić information content (AvgIpc) is 3.70. The Morgan fingerprint density at radius 2 is 1.92 bits per heavy atom. The van der Waals surface area contributed by atoms with E-state index in [1.807, 2.05) is 42.9 Å². The van der Waals surface area contributed by atoms with Crippen LogP contribution in [-0.2, 0) is 39.4 Å². The summed E-state index contributed by atoms with van der Waals surface area (Å²) in [6.45, 7) is 3.72. The van der Waals surface area contributed by atoms with Crippen molar-refractivity contribution in [2.24, 2.45) is 14.1 Å². The number of nitrogens with zero attached hydrogens (tertiary/aromatic N) is 5. The maximum Gasteiger partial charge on any atom is 0.352 e. The van der Waals surface area contributed by atoms with Gasteiger partial charge in [-0.15, -0.1) is 11.8 Å². The summed E-state index contributed by atoms with van der Waals surface area (Å²) in [6, 6.07) is 14.7. The molecule has 8 bridgehead atoms. The summed E-state index contributed by atoms with van der Waals surface area (Å²) in [7, 11) is 3.76. The van der Waals surface area contributed by atoms with Gasteiger partial charge in [-0.3, -0.25) is 9.36 Å². The molecular weight excluding hydrogens is 663 g/mol. The van der Waals surface area contributed by atoms with Gasteiger partial charge in [-0.1, -0.05) is 17.7 Å². The number of aryl methyl sites for hydroxylation is 5. The van der Waals surface area contributed by atoms with E-state index in [1.165, 1.54) is 12.1 Å². The molecule has 0 radical (unpaired) electrons. The van der Waals surface area contributed by atoms with E-state index in [9.17, 15) is 14.3 Å². The molecule has 8 rings (SSSR count). The number of halogens is 2. The van der Waals surface area contributed by atoms with Crippen LogP contribution in [0.2, 0.25) is 5.02 Å². The second-order valence-electron chi connectivity index (χ2n) is 12.9. The van der Waals surface area contributed by atoms with Crippen LogP contribution >= 0.6 is 23.4 Å². The molecule has 0 aliphatic carbocycles. The summed E-state index contributed by atoms with van der Waals surface area (Å²) in [5.41, 5.74) is 7.44. The molecular formula is C37H36ClFN6O3S. The first kappa shape index (κ1) is 31.9. The first-order chi connectivity index (χ1) is 23.7. The van der Waals surface area contributed by atoms with Gasteiger partial charge in [0.05, 0.1) is 40.3 Å². The van der Waals surface area contributed by atoms with Crippen LogP contribution in [0.25, 0.3) is 32.8 Å². The molecule has 0 amide bonds. The predicted molar refractivity (Wildman–Crippen MR) is 190 cm³/mol. The lowest BCUT2D eigenvalue weighted by molar-refractivity contribution is 0.0685. The van der Waals surface area contributed by atoms with E-state index < -0.39 is 5.97 Å². The molecule has 0 saturated heterocycles. The summed E-state index contributed by atoms with van der Waals surface area (Å²) in [5.74, 6) is 0.0518. The average molecular weight is 699 g/mol. The highest BCUT2D eigenvalue weighted by molar-refractivity contribution is 7.98. The fourth-order valence-electron chi connectivity index (χ4n) is 7.67. The van der Waals surface area contributed by atoms with Crippen molar-refractivity contribution in [1.82, 2.24) is 29.4 Å². The quantitative estimate of drug-likeness (QED) is 0.180. The molecule has 1 unspecified atom stereocenters. The predicted octanol–water partition coefficient (Wildman–Crippen LogP) is 7.97. The number of carboxylic acids is 1. The number of hydrogen-bond donors (Lipinski definition) is 2. The van der Waals surface area contributed by atoms with Crippen LogP contribution < -0.4 is 10.1 Å². The number of ether oxygens (including phenoxy) is 1. The van der Waals surface area contributed by atoms with Gasteiger partial charge >= 0.3 is 5.97 Å². The monoisotopic (exact) mass is 698 g/mol. The minimum Gasteiger partial charge on any atom is -0.493 e. The molecule has 49 heavy (non-hydrogen) atoms. The van der Waals surface area contributed by atoms with Gasteiger partial charge < -0.3 is 19.7 Å². The van der Waals surface area contributed by atoms with E-state index in [0.717, 1.165) is 85.4 Å². The van der Waals surface area contributed by atoms with E-state index in [0.29, 0.717) is 42.5 Å². The van der Waals surface area contributed by atoms with Crippen molar-refractivity contribution in [2.45, 2.75) is 62.4 Å². The van der Waals surface area contributed by atoms with Crippen molar-refractivity contribution in [1.29, 1.82) is 0 Å².